The second-order valence-electron chi connectivity index (χ2n) is 5.31. The molecule has 6 heteroatoms. The number of nitrogens with one attached hydrogen (secondary N) is 1. The largest absolute Gasteiger partial charge is 0.396 e. The molecular weight excluding hydrogens is 306 g/mol. The van der Waals surface area contributed by atoms with Gasteiger partial charge in [-0.1, -0.05) is 48.9 Å². The van der Waals surface area contributed by atoms with Gasteiger partial charge in [0, 0.05) is 24.1 Å². The van der Waals surface area contributed by atoms with Crippen LogP contribution in [0.4, 0.5) is 5.13 Å². The summed E-state index contributed by atoms with van der Waals surface area (Å²) in [5.74, 6) is 0.431. The predicted octanol–water partition coefficient (Wildman–Crippen LogP) is 3.60. The first-order chi connectivity index (χ1) is 10.1. The summed E-state index contributed by atoms with van der Waals surface area (Å²) in [4.78, 5) is 0. The molecule has 114 valence electrons. The Hall–Kier alpha value is -1.17. The maximum absolute atomic E-state index is 9.10. The molecule has 0 aliphatic heterocycles. The molecule has 0 aliphatic carbocycles. The standard InChI is InChI=1S/C15H20ClN3OS/c1-10(2)13(7-8-20)17-15-19-18-14(21-15)9-11-3-5-12(16)6-4-11/h3-6,10,13,20H,7-9H2,1-2H3,(H,17,19). The maximum atomic E-state index is 9.10. The first kappa shape index (κ1) is 16.2. The highest BCUT2D eigenvalue weighted by Crippen LogP contribution is 2.22. The van der Waals surface area contributed by atoms with Crippen LogP contribution in [0.1, 0.15) is 30.8 Å². The van der Waals surface area contributed by atoms with Crippen molar-refractivity contribution >= 4 is 28.1 Å². The second-order valence-corrected chi connectivity index (χ2v) is 6.81. The lowest BCUT2D eigenvalue weighted by molar-refractivity contribution is 0.267. The normalized spacial score (nSPS) is 12.6. The Labute approximate surface area is 134 Å². The fraction of sp³-hybridized carbons (Fsp3) is 0.467. The Balaban J connectivity index is 1.99. The van der Waals surface area contributed by atoms with Crippen LogP contribution < -0.4 is 5.32 Å². The molecule has 2 aromatic rings. The first-order valence-electron chi connectivity index (χ1n) is 7.02. The van der Waals surface area contributed by atoms with Crippen LogP contribution in [-0.2, 0) is 6.42 Å². The summed E-state index contributed by atoms with van der Waals surface area (Å²) in [7, 11) is 0. The van der Waals surface area contributed by atoms with Gasteiger partial charge in [0.25, 0.3) is 0 Å². The molecule has 0 saturated heterocycles. The zero-order valence-electron chi connectivity index (χ0n) is 12.2. The van der Waals surface area contributed by atoms with Crippen LogP contribution in [0, 0.1) is 5.92 Å². The summed E-state index contributed by atoms with van der Waals surface area (Å²) in [6, 6.07) is 7.98. The SMILES string of the molecule is CC(C)C(CCO)Nc1nnc(Cc2ccc(Cl)cc2)s1. The number of rotatable bonds is 7. The van der Waals surface area contributed by atoms with Crippen molar-refractivity contribution in [3.05, 3.63) is 39.9 Å². The van der Waals surface area contributed by atoms with Crippen LogP contribution in [0.15, 0.2) is 24.3 Å². The number of hydrogen-bond acceptors (Lipinski definition) is 5. The molecular formula is C15H20ClN3OS. The highest BCUT2D eigenvalue weighted by Gasteiger charge is 2.15. The molecule has 0 fully saturated rings. The minimum Gasteiger partial charge on any atom is -0.396 e. The molecule has 21 heavy (non-hydrogen) atoms. The van der Waals surface area contributed by atoms with Crippen molar-refractivity contribution in [2.24, 2.45) is 5.92 Å². The molecule has 0 amide bonds. The molecule has 2 N–H and O–H groups in total. The highest BCUT2D eigenvalue weighted by atomic mass is 35.5. The Kier molecular flexibility index (Phi) is 5.96. The van der Waals surface area contributed by atoms with Gasteiger partial charge in [-0.25, -0.2) is 0 Å². The number of hydrogen-bond donors (Lipinski definition) is 2. The molecule has 1 aromatic carbocycles. The Morgan fingerprint density at radius 3 is 2.57 bits per heavy atom. The number of aliphatic hydroxyl groups is 1. The van der Waals surface area contributed by atoms with Crippen LogP contribution in [-0.4, -0.2) is 28.0 Å². The number of benzene rings is 1. The van der Waals surface area contributed by atoms with E-state index in [0.717, 1.165) is 27.1 Å². The summed E-state index contributed by atoms with van der Waals surface area (Å²) in [6.45, 7) is 4.43. The van der Waals surface area contributed by atoms with Crippen molar-refractivity contribution in [2.75, 3.05) is 11.9 Å². The van der Waals surface area contributed by atoms with Crippen molar-refractivity contribution in [3.63, 3.8) is 0 Å². The molecule has 1 atom stereocenters. The quantitative estimate of drug-likeness (QED) is 0.816. The molecule has 4 nitrogen and oxygen atoms in total. The monoisotopic (exact) mass is 325 g/mol. The zero-order valence-corrected chi connectivity index (χ0v) is 13.8. The zero-order chi connectivity index (χ0) is 15.2. The third-order valence-electron chi connectivity index (χ3n) is 3.29. The van der Waals surface area contributed by atoms with Crippen LogP contribution in [0.2, 0.25) is 5.02 Å². The fourth-order valence-corrected chi connectivity index (χ4v) is 2.99. The first-order valence-corrected chi connectivity index (χ1v) is 8.22. The van der Waals surface area contributed by atoms with Gasteiger partial charge in [-0.2, -0.15) is 0 Å². The van der Waals surface area contributed by atoms with E-state index in [0.29, 0.717) is 12.3 Å². The molecule has 0 saturated carbocycles. The number of nitrogens with zero attached hydrogens (tertiary/aromatic N) is 2. The van der Waals surface area contributed by atoms with Gasteiger partial charge in [-0.3, -0.25) is 0 Å². The minimum absolute atomic E-state index is 0.173. The van der Waals surface area contributed by atoms with Crippen molar-refractivity contribution in [3.8, 4) is 0 Å². The summed E-state index contributed by atoms with van der Waals surface area (Å²) in [5.41, 5.74) is 1.16. The fourth-order valence-electron chi connectivity index (χ4n) is 2.03. The molecule has 0 radical (unpaired) electrons. The highest BCUT2D eigenvalue weighted by molar-refractivity contribution is 7.15. The molecule has 2 rings (SSSR count). The van der Waals surface area contributed by atoms with Gasteiger partial charge in [0.1, 0.15) is 5.01 Å². The van der Waals surface area contributed by atoms with Gasteiger partial charge in [0.15, 0.2) is 0 Å². The predicted molar refractivity (Wildman–Crippen MR) is 88.1 cm³/mol. The Bertz CT molecular complexity index is 556. The molecule has 1 unspecified atom stereocenters. The van der Waals surface area contributed by atoms with Gasteiger partial charge in [-0.15, -0.1) is 10.2 Å². The summed E-state index contributed by atoms with van der Waals surface area (Å²) in [6.07, 6.45) is 1.46. The van der Waals surface area contributed by atoms with Crippen molar-refractivity contribution < 1.29 is 5.11 Å². The smallest absolute Gasteiger partial charge is 0.205 e. The third kappa shape index (κ3) is 4.95. The second kappa shape index (κ2) is 7.73. The van der Waals surface area contributed by atoms with Gasteiger partial charge < -0.3 is 10.4 Å². The van der Waals surface area contributed by atoms with Crippen LogP contribution in [0.5, 0.6) is 0 Å². The van der Waals surface area contributed by atoms with E-state index in [1.165, 1.54) is 0 Å². The number of aromatic nitrogens is 2. The van der Waals surface area contributed by atoms with Crippen LogP contribution >= 0.6 is 22.9 Å². The van der Waals surface area contributed by atoms with E-state index in [2.05, 4.69) is 29.4 Å². The Morgan fingerprint density at radius 1 is 1.24 bits per heavy atom. The number of aliphatic hydroxyl groups excluding tert-OH is 1. The van der Waals surface area contributed by atoms with E-state index in [4.69, 9.17) is 16.7 Å². The van der Waals surface area contributed by atoms with E-state index in [-0.39, 0.29) is 12.6 Å². The van der Waals surface area contributed by atoms with Crippen molar-refractivity contribution in [1.29, 1.82) is 0 Å². The summed E-state index contributed by atoms with van der Waals surface area (Å²) < 4.78 is 0. The van der Waals surface area contributed by atoms with E-state index >= 15 is 0 Å². The Morgan fingerprint density at radius 2 is 1.95 bits per heavy atom. The van der Waals surface area contributed by atoms with Crippen molar-refractivity contribution in [2.45, 2.75) is 32.7 Å². The van der Waals surface area contributed by atoms with Crippen LogP contribution in [0.25, 0.3) is 0 Å². The number of halogens is 1. The van der Waals surface area contributed by atoms with Gasteiger partial charge in [-0.05, 0) is 30.0 Å². The average molecular weight is 326 g/mol. The minimum atomic E-state index is 0.173. The van der Waals surface area contributed by atoms with Gasteiger partial charge >= 0.3 is 0 Å². The average Bonchev–Trinajstić information content (AvgIpc) is 2.88. The molecule has 0 bridgehead atoms. The molecule has 1 aromatic heterocycles. The lowest BCUT2D eigenvalue weighted by atomic mass is 10.0. The lowest BCUT2D eigenvalue weighted by Crippen LogP contribution is -2.26. The van der Waals surface area contributed by atoms with Crippen molar-refractivity contribution in [1.82, 2.24) is 10.2 Å². The summed E-state index contributed by atoms with van der Waals surface area (Å²) in [5, 5.41) is 23.4. The van der Waals surface area contributed by atoms with Gasteiger partial charge in [0.05, 0.1) is 0 Å². The summed E-state index contributed by atoms with van der Waals surface area (Å²) >= 11 is 7.44. The third-order valence-corrected chi connectivity index (χ3v) is 4.40. The van der Waals surface area contributed by atoms with E-state index in [1.54, 1.807) is 11.3 Å². The van der Waals surface area contributed by atoms with E-state index in [1.807, 2.05) is 24.3 Å². The number of anilines is 1. The van der Waals surface area contributed by atoms with E-state index < -0.39 is 0 Å². The molecule has 0 spiro atoms. The topological polar surface area (TPSA) is 58.0 Å². The molecule has 0 aliphatic rings. The van der Waals surface area contributed by atoms with E-state index in [9.17, 15) is 0 Å². The maximum Gasteiger partial charge on any atom is 0.205 e. The van der Waals surface area contributed by atoms with Gasteiger partial charge in [0.2, 0.25) is 5.13 Å². The van der Waals surface area contributed by atoms with Crippen LogP contribution in [0.3, 0.4) is 0 Å². The lowest BCUT2D eigenvalue weighted by Gasteiger charge is -2.20. The molecule has 1 heterocycles.